The van der Waals surface area contributed by atoms with Gasteiger partial charge >= 0.3 is 0 Å². The molecule has 17 heavy (non-hydrogen) atoms. The summed E-state index contributed by atoms with van der Waals surface area (Å²) < 4.78 is 25.8. The zero-order chi connectivity index (χ0) is 12.7. The van der Waals surface area contributed by atoms with Crippen molar-refractivity contribution in [1.29, 1.82) is 0 Å². The Morgan fingerprint density at radius 3 is 1.76 bits per heavy atom. The molecule has 1 aromatic heterocycles. The summed E-state index contributed by atoms with van der Waals surface area (Å²) in [5.41, 5.74) is 0. The van der Waals surface area contributed by atoms with Crippen molar-refractivity contribution in [1.82, 2.24) is 0 Å². The molecule has 0 saturated carbocycles. The van der Waals surface area contributed by atoms with Crippen LogP contribution in [-0.4, -0.2) is 12.6 Å². The Hall–Kier alpha value is -2.04. The van der Waals surface area contributed by atoms with Gasteiger partial charge in [-0.1, -0.05) is 13.2 Å². The summed E-state index contributed by atoms with van der Waals surface area (Å²) in [7, 11) is 0. The molecule has 0 aliphatic carbocycles. The third kappa shape index (κ3) is 4.55. The minimum atomic E-state index is -0.478. The monoisotopic (exact) mass is 240 g/mol. The van der Waals surface area contributed by atoms with Gasteiger partial charge in [-0.25, -0.2) is 0 Å². The minimum Gasteiger partial charge on any atom is -0.463 e. The van der Waals surface area contributed by atoms with Crippen molar-refractivity contribution in [3.05, 3.63) is 37.8 Å². The molecule has 5 heteroatoms. The van der Waals surface area contributed by atoms with E-state index in [0.29, 0.717) is 11.9 Å². The molecule has 0 bridgehead atoms. The Morgan fingerprint density at radius 1 is 1.00 bits per heavy atom. The first-order valence-electron chi connectivity index (χ1n) is 5.11. The molecule has 0 spiro atoms. The van der Waals surface area contributed by atoms with Gasteiger partial charge in [-0.05, 0) is 0 Å². The molecule has 94 valence electrons. The predicted octanol–water partition coefficient (Wildman–Crippen LogP) is 3.05. The van der Waals surface area contributed by atoms with Crippen molar-refractivity contribution in [2.75, 3.05) is 0 Å². The van der Waals surface area contributed by atoms with Crippen LogP contribution in [0.15, 0.2) is 42.2 Å². The second-order valence-electron chi connectivity index (χ2n) is 3.05. The van der Waals surface area contributed by atoms with Gasteiger partial charge in [0, 0.05) is 26.0 Å². The van der Waals surface area contributed by atoms with Crippen LogP contribution >= 0.6 is 0 Å². The van der Waals surface area contributed by atoms with E-state index in [-0.39, 0.29) is 0 Å². The van der Waals surface area contributed by atoms with Gasteiger partial charge in [-0.3, -0.25) is 0 Å². The fourth-order valence-electron chi connectivity index (χ4n) is 1.08. The highest BCUT2D eigenvalue weighted by molar-refractivity contribution is 5.16. The molecule has 0 amide bonds. The molecule has 1 aromatic rings. The van der Waals surface area contributed by atoms with E-state index in [1.54, 1.807) is 26.0 Å². The maximum absolute atomic E-state index is 5.28. The predicted molar refractivity (Wildman–Crippen MR) is 61.5 cm³/mol. The van der Waals surface area contributed by atoms with Gasteiger partial charge in [0.05, 0.1) is 12.5 Å². The average molecular weight is 240 g/mol. The third-order valence-electron chi connectivity index (χ3n) is 1.70. The molecule has 0 aromatic carbocycles. The topological polar surface area (TPSA) is 50.1 Å². The summed E-state index contributed by atoms with van der Waals surface area (Å²) in [5, 5.41) is 0. The van der Waals surface area contributed by atoms with Crippen molar-refractivity contribution in [3.8, 4) is 11.9 Å². The lowest BCUT2D eigenvalue weighted by Gasteiger charge is -2.12. The lowest BCUT2D eigenvalue weighted by Crippen LogP contribution is -2.13. The second kappa shape index (κ2) is 6.52. The molecule has 1 rings (SSSR count). The molecule has 2 unspecified atom stereocenters. The summed E-state index contributed by atoms with van der Waals surface area (Å²) in [6, 6.07) is 3.25. The van der Waals surface area contributed by atoms with E-state index in [9.17, 15) is 0 Å². The SMILES string of the molecule is C=COC(C)Oc1ccc(OC(C)OC=C)o1. The van der Waals surface area contributed by atoms with E-state index in [4.69, 9.17) is 23.4 Å². The molecule has 0 radical (unpaired) electrons. The molecular weight excluding hydrogens is 224 g/mol. The van der Waals surface area contributed by atoms with Gasteiger partial charge in [0.1, 0.15) is 0 Å². The minimum absolute atomic E-state index is 0.292. The number of hydrogen-bond acceptors (Lipinski definition) is 5. The highest BCUT2D eigenvalue weighted by Crippen LogP contribution is 2.24. The van der Waals surface area contributed by atoms with Crippen LogP contribution in [0.2, 0.25) is 0 Å². The van der Waals surface area contributed by atoms with Crippen molar-refractivity contribution >= 4 is 0 Å². The molecule has 1 heterocycles. The van der Waals surface area contributed by atoms with Gasteiger partial charge in [0.2, 0.25) is 12.6 Å². The first-order chi connectivity index (χ1) is 8.15. The lowest BCUT2D eigenvalue weighted by molar-refractivity contribution is -0.0449. The molecule has 0 fully saturated rings. The maximum Gasteiger partial charge on any atom is 0.290 e. The standard InChI is InChI=1S/C12H16O5/c1-5-13-9(3)15-11-7-8-12(17-11)16-10(4)14-6-2/h5-10H,1-2H2,3-4H3. The molecule has 2 atom stereocenters. The van der Waals surface area contributed by atoms with Gasteiger partial charge in [-0.2, -0.15) is 0 Å². The summed E-state index contributed by atoms with van der Waals surface area (Å²) in [6.45, 7) is 10.3. The zero-order valence-corrected chi connectivity index (χ0v) is 9.92. The van der Waals surface area contributed by atoms with Gasteiger partial charge in [-0.15, -0.1) is 0 Å². The smallest absolute Gasteiger partial charge is 0.290 e. The van der Waals surface area contributed by atoms with Crippen molar-refractivity contribution in [2.45, 2.75) is 26.4 Å². The zero-order valence-electron chi connectivity index (χ0n) is 9.92. The molecule has 0 aliphatic heterocycles. The largest absolute Gasteiger partial charge is 0.463 e. The molecule has 0 aliphatic rings. The van der Waals surface area contributed by atoms with Crippen molar-refractivity contribution < 1.29 is 23.4 Å². The van der Waals surface area contributed by atoms with E-state index >= 15 is 0 Å². The van der Waals surface area contributed by atoms with Crippen molar-refractivity contribution in [3.63, 3.8) is 0 Å². The molecular formula is C12H16O5. The summed E-state index contributed by atoms with van der Waals surface area (Å²) in [4.78, 5) is 0. The number of ether oxygens (including phenoxy) is 4. The summed E-state index contributed by atoms with van der Waals surface area (Å²) in [5.74, 6) is 0.584. The van der Waals surface area contributed by atoms with E-state index in [0.717, 1.165) is 0 Å². The Morgan fingerprint density at radius 2 is 1.41 bits per heavy atom. The van der Waals surface area contributed by atoms with Crippen LogP contribution in [-0.2, 0) is 9.47 Å². The van der Waals surface area contributed by atoms with Gasteiger partial charge in [0.25, 0.3) is 11.9 Å². The van der Waals surface area contributed by atoms with E-state index in [1.807, 2.05) is 0 Å². The van der Waals surface area contributed by atoms with Gasteiger partial charge < -0.3 is 23.4 Å². The van der Waals surface area contributed by atoms with Crippen LogP contribution < -0.4 is 9.47 Å². The maximum atomic E-state index is 5.28. The van der Waals surface area contributed by atoms with Crippen LogP contribution in [0.3, 0.4) is 0 Å². The summed E-state index contributed by atoms with van der Waals surface area (Å²) >= 11 is 0. The quantitative estimate of drug-likeness (QED) is 0.516. The normalized spacial score (nSPS) is 13.3. The molecule has 5 nitrogen and oxygen atoms in total. The highest BCUT2D eigenvalue weighted by atomic mass is 16.7. The average Bonchev–Trinajstić information content (AvgIpc) is 2.66. The van der Waals surface area contributed by atoms with E-state index in [1.165, 1.54) is 12.5 Å². The van der Waals surface area contributed by atoms with Crippen LogP contribution in [0.5, 0.6) is 11.9 Å². The van der Waals surface area contributed by atoms with Crippen molar-refractivity contribution in [2.24, 2.45) is 0 Å². The number of hydrogen-bond donors (Lipinski definition) is 0. The Bertz CT molecular complexity index is 325. The summed E-state index contributed by atoms with van der Waals surface area (Å²) in [6.07, 6.45) is 1.64. The highest BCUT2D eigenvalue weighted by Gasteiger charge is 2.10. The number of rotatable bonds is 8. The Kier molecular flexibility index (Phi) is 5.00. The van der Waals surface area contributed by atoms with Crippen LogP contribution in [0.25, 0.3) is 0 Å². The van der Waals surface area contributed by atoms with Crippen LogP contribution in [0.4, 0.5) is 0 Å². The Labute approximate surface area is 100 Å². The second-order valence-corrected chi connectivity index (χ2v) is 3.05. The first kappa shape index (κ1) is 13.0. The van der Waals surface area contributed by atoms with E-state index < -0.39 is 12.6 Å². The fourth-order valence-corrected chi connectivity index (χ4v) is 1.08. The van der Waals surface area contributed by atoms with E-state index in [2.05, 4.69) is 13.2 Å². The first-order valence-corrected chi connectivity index (χ1v) is 5.11. The van der Waals surface area contributed by atoms with Crippen LogP contribution in [0.1, 0.15) is 13.8 Å². The van der Waals surface area contributed by atoms with Crippen LogP contribution in [0, 0.1) is 0 Å². The lowest BCUT2D eigenvalue weighted by atomic mass is 10.6. The molecule has 0 N–H and O–H groups in total. The van der Waals surface area contributed by atoms with Gasteiger partial charge in [0.15, 0.2) is 0 Å². The fraction of sp³-hybridized carbons (Fsp3) is 0.333. The Balaban J connectivity index is 2.47. The molecule has 0 saturated heterocycles. The number of furan rings is 1. The third-order valence-corrected chi connectivity index (χ3v) is 1.70.